The molecule has 8 heteroatoms. The number of ether oxygens (including phenoxy) is 1. The zero-order valence-corrected chi connectivity index (χ0v) is 16.4. The van der Waals surface area contributed by atoms with Crippen LogP contribution in [0.2, 0.25) is 5.02 Å². The van der Waals surface area contributed by atoms with Crippen molar-refractivity contribution in [3.05, 3.63) is 63.7 Å². The number of alkyl halides is 3. The lowest BCUT2D eigenvalue weighted by Gasteiger charge is -2.12. The average Bonchev–Trinajstić information content (AvgIpc) is 2.65. The predicted octanol–water partition coefficient (Wildman–Crippen LogP) is 5.64. The molecule has 0 aromatic heterocycles. The molecule has 4 nitrogen and oxygen atoms in total. The lowest BCUT2D eigenvalue weighted by Crippen LogP contribution is -2.14. The van der Waals surface area contributed by atoms with E-state index in [1.807, 2.05) is 18.9 Å². The van der Waals surface area contributed by atoms with E-state index < -0.39 is 17.7 Å². The molecule has 150 valence electrons. The Labute approximate surface area is 166 Å². The van der Waals surface area contributed by atoms with Gasteiger partial charge in [0, 0.05) is 13.6 Å². The van der Waals surface area contributed by atoms with Crippen molar-refractivity contribution in [3.63, 3.8) is 0 Å². The minimum absolute atomic E-state index is 0.236. The highest BCUT2D eigenvalue weighted by Crippen LogP contribution is 2.30. The smallest absolute Gasteiger partial charge is 0.416 e. The molecule has 0 amide bonds. The van der Waals surface area contributed by atoms with E-state index in [-0.39, 0.29) is 22.8 Å². The van der Waals surface area contributed by atoms with Crippen molar-refractivity contribution in [3.8, 4) is 0 Å². The van der Waals surface area contributed by atoms with Crippen LogP contribution < -0.4 is 0 Å². The number of halogens is 4. The number of benzene rings is 2. The lowest BCUT2D eigenvalue weighted by molar-refractivity contribution is -0.137. The first-order valence-electron chi connectivity index (χ1n) is 8.49. The predicted molar refractivity (Wildman–Crippen MR) is 103 cm³/mol. The van der Waals surface area contributed by atoms with E-state index in [0.717, 1.165) is 18.7 Å². The van der Waals surface area contributed by atoms with Crippen LogP contribution in [0, 0.1) is 6.92 Å². The van der Waals surface area contributed by atoms with Crippen LogP contribution in [0.4, 0.5) is 18.9 Å². The Balaban J connectivity index is 2.13. The molecular formula is C20H20ClF3N2O2. The first-order chi connectivity index (χ1) is 13.1. The Bertz CT molecular complexity index is 882. The molecule has 0 aliphatic carbocycles. The standard InChI is InChI=1S/C20H20ClF3N2O2/c1-4-26(3)12-25-18-8-13(2)16(10-17(18)21)19(27)28-11-14-6-5-7-15(9-14)20(22,23)24/h5-10,12H,4,11H2,1-3H3. The molecule has 0 aliphatic heterocycles. The summed E-state index contributed by atoms with van der Waals surface area (Å²) in [6.07, 6.45) is -2.82. The molecule has 2 aromatic carbocycles. The summed E-state index contributed by atoms with van der Waals surface area (Å²) in [6, 6.07) is 7.76. The third-order valence-electron chi connectivity index (χ3n) is 4.03. The van der Waals surface area contributed by atoms with Gasteiger partial charge in [-0.15, -0.1) is 0 Å². The van der Waals surface area contributed by atoms with Gasteiger partial charge in [0.2, 0.25) is 0 Å². The Morgan fingerprint density at radius 3 is 2.64 bits per heavy atom. The summed E-state index contributed by atoms with van der Waals surface area (Å²) in [5, 5.41) is 0.275. The fourth-order valence-electron chi connectivity index (χ4n) is 2.29. The topological polar surface area (TPSA) is 41.9 Å². The monoisotopic (exact) mass is 412 g/mol. The van der Waals surface area contributed by atoms with Gasteiger partial charge in [0.15, 0.2) is 0 Å². The van der Waals surface area contributed by atoms with Crippen molar-refractivity contribution in [1.82, 2.24) is 4.90 Å². The number of nitrogens with zero attached hydrogens (tertiary/aromatic N) is 2. The molecule has 0 radical (unpaired) electrons. The number of aliphatic imine (C=N–C) groups is 1. The van der Waals surface area contributed by atoms with Crippen LogP contribution in [0.3, 0.4) is 0 Å². The van der Waals surface area contributed by atoms with E-state index in [1.165, 1.54) is 18.2 Å². The molecule has 0 saturated heterocycles. The SMILES string of the molecule is CCN(C)C=Nc1cc(C)c(C(=O)OCc2cccc(C(F)(F)F)c2)cc1Cl. The Morgan fingerprint density at radius 1 is 1.29 bits per heavy atom. The lowest BCUT2D eigenvalue weighted by atomic mass is 10.1. The maximum Gasteiger partial charge on any atom is 0.416 e. The van der Waals surface area contributed by atoms with Crippen molar-refractivity contribution >= 4 is 29.6 Å². The molecule has 0 fully saturated rings. The molecule has 28 heavy (non-hydrogen) atoms. The summed E-state index contributed by atoms with van der Waals surface area (Å²) >= 11 is 6.20. The van der Waals surface area contributed by atoms with Crippen LogP contribution in [0.25, 0.3) is 0 Å². The number of carbonyl (C=O) groups is 1. The second-order valence-electron chi connectivity index (χ2n) is 6.21. The number of hydrogen-bond donors (Lipinski definition) is 0. The fraction of sp³-hybridized carbons (Fsp3) is 0.300. The largest absolute Gasteiger partial charge is 0.457 e. The molecule has 0 heterocycles. The first kappa shape index (κ1) is 21.8. The van der Waals surface area contributed by atoms with Crippen LogP contribution in [-0.2, 0) is 17.5 Å². The molecule has 2 rings (SSSR count). The molecule has 0 bridgehead atoms. The number of hydrogen-bond acceptors (Lipinski definition) is 3. The van der Waals surface area contributed by atoms with E-state index in [9.17, 15) is 18.0 Å². The van der Waals surface area contributed by atoms with Crippen molar-refractivity contribution in [2.45, 2.75) is 26.6 Å². The highest BCUT2D eigenvalue weighted by atomic mass is 35.5. The summed E-state index contributed by atoms with van der Waals surface area (Å²) in [5.41, 5.74) is 0.800. The molecule has 2 aromatic rings. The third kappa shape index (κ3) is 5.73. The maximum absolute atomic E-state index is 12.8. The highest BCUT2D eigenvalue weighted by molar-refractivity contribution is 6.33. The van der Waals surface area contributed by atoms with E-state index >= 15 is 0 Å². The van der Waals surface area contributed by atoms with E-state index in [4.69, 9.17) is 16.3 Å². The summed E-state index contributed by atoms with van der Waals surface area (Å²) in [7, 11) is 1.86. The van der Waals surface area contributed by atoms with Crippen LogP contribution in [0.1, 0.15) is 34.0 Å². The molecule has 0 atom stereocenters. The Morgan fingerprint density at radius 2 is 2.00 bits per heavy atom. The summed E-state index contributed by atoms with van der Waals surface area (Å²) in [6.45, 7) is 4.18. The number of esters is 1. The van der Waals surface area contributed by atoms with Gasteiger partial charge in [0.25, 0.3) is 0 Å². The fourth-order valence-corrected chi connectivity index (χ4v) is 2.50. The normalized spacial score (nSPS) is 11.7. The number of carbonyl (C=O) groups excluding carboxylic acids is 1. The van der Waals surface area contributed by atoms with Gasteiger partial charge in [0.05, 0.1) is 28.2 Å². The minimum atomic E-state index is -4.45. The van der Waals surface area contributed by atoms with Crippen LogP contribution in [0.15, 0.2) is 41.4 Å². The van der Waals surface area contributed by atoms with Crippen LogP contribution in [-0.4, -0.2) is 30.8 Å². The third-order valence-corrected chi connectivity index (χ3v) is 4.33. The second-order valence-corrected chi connectivity index (χ2v) is 6.62. The summed E-state index contributed by atoms with van der Waals surface area (Å²) in [5.74, 6) is -0.669. The van der Waals surface area contributed by atoms with E-state index in [2.05, 4.69) is 4.99 Å². The summed E-state index contributed by atoms with van der Waals surface area (Å²) < 4.78 is 43.5. The Hall–Kier alpha value is -2.54. The van der Waals surface area contributed by atoms with Gasteiger partial charge >= 0.3 is 12.1 Å². The van der Waals surface area contributed by atoms with Crippen molar-refractivity contribution in [1.29, 1.82) is 0 Å². The van der Waals surface area contributed by atoms with Crippen LogP contribution >= 0.6 is 11.6 Å². The van der Waals surface area contributed by atoms with Gasteiger partial charge in [-0.3, -0.25) is 0 Å². The molecule has 0 saturated carbocycles. The number of aryl methyl sites for hydroxylation is 1. The molecule has 0 aliphatic rings. The second kappa shape index (κ2) is 9.10. The number of rotatable bonds is 6. The van der Waals surface area contributed by atoms with Gasteiger partial charge in [-0.25, -0.2) is 9.79 Å². The summed E-state index contributed by atoms with van der Waals surface area (Å²) in [4.78, 5) is 18.5. The van der Waals surface area contributed by atoms with Crippen LogP contribution in [0.5, 0.6) is 0 Å². The molecular weight excluding hydrogens is 393 g/mol. The zero-order chi connectivity index (χ0) is 20.9. The van der Waals surface area contributed by atoms with Gasteiger partial charge in [-0.2, -0.15) is 13.2 Å². The van der Waals surface area contributed by atoms with Crippen molar-refractivity contribution in [2.75, 3.05) is 13.6 Å². The van der Waals surface area contributed by atoms with E-state index in [0.29, 0.717) is 11.3 Å². The maximum atomic E-state index is 12.8. The highest BCUT2D eigenvalue weighted by Gasteiger charge is 2.30. The van der Waals surface area contributed by atoms with Crippen molar-refractivity contribution in [2.24, 2.45) is 4.99 Å². The van der Waals surface area contributed by atoms with Crippen molar-refractivity contribution < 1.29 is 22.7 Å². The molecule has 0 spiro atoms. The minimum Gasteiger partial charge on any atom is -0.457 e. The van der Waals surface area contributed by atoms with Gasteiger partial charge in [-0.1, -0.05) is 23.7 Å². The van der Waals surface area contributed by atoms with Gasteiger partial charge in [-0.05, 0) is 49.2 Å². The van der Waals surface area contributed by atoms with E-state index in [1.54, 1.807) is 19.3 Å². The Kier molecular flexibility index (Phi) is 7.07. The molecule has 0 unspecified atom stereocenters. The van der Waals surface area contributed by atoms with Gasteiger partial charge < -0.3 is 9.64 Å². The zero-order valence-electron chi connectivity index (χ0n) is 15.7. The molecule has 0 N–H and O–H groups in total. The van der Waals surface area contributed by atoms with Gasteiger partial charge in [0.1, 0.15) is 6.61 Å². The average molecular weight is 413 g/mol. The first-order valence-corrected chi connectivity index (χ1v) is 8.87. The quantitative estimate of drug-likeness (QED) is 0.350.